The molecule has 0 atom stereocenters. The Morgan fingerprint density at radius 1 is 1.07 bits per heavy atom. The zero-order valence-electron chi connectivity index (χ0n) is 15.9. The van der Waals surface area contributed by atoms with Crippen LogP contribution < -0.4 is 10.6 Å². The van der Waals surface area contributed by atoms with E-state index < -0.39 is 5.54 Å². The van der Waals surface area contributed by atoms with Crippen molar-refractivity contribution in [3.63, 3.8) is 0 Å². The molecule has 1 saturated heterocycles. The van der Waals surface area contributed by atoms with Gasteiger partial charge < -0.3 is 10.6 Å². The molecule has 0 radical (unpaired) electrons. The van der Waals surface area contributed by atoms with Gasteiger partial charge in [-0.05, 0) is 41.7 Å². The third-order valence-corrected chi connectivity index (χ3v) is 5.79. The average Bonchev–Trinajstić information content (AvgIpc) is 3.26. The van der Waals surface area contributed by atoms with E-state index in [1.54, 1.807) is 0 Å². The smallest absolute Gasteiger partial charge is 0.325 e. The van der Waals surface area contributed by atoms with Crippen LogP contribution in [0.5, 0.6) is 0 Å². The normalized spacial score (nSPS) is 18.1. The van der Waals surface area contributed by atoms with Gasteiger partial charge >= 0.3 is 6.03 Å². The maximum atomic E-state index is 12.6. The molecule has 6 nitrogen and oxygen atoms in total. The van der Waals surface area contributed by atoms with Gasteiger partial charge in [0.2, 0.25) is 5.91 Å². The monoisotopic (exact) mass is 379 g/mol. The van der Waals surface area contributed by atoms with Crippen molar-refractivity contribution in [2.24, 2.45) is 0 Å². The summed E-state index contributed by atoms with van der Waals surface area (Å²) >= 11 is 0. The molecule has 2 aromatic rings. The van der Waals surface area contributed by atoms with Gasteiger partial charge in [0.25, 0.3) is 5.91 Å². The molecule has 6 heteroatoms. The lowest BCUT2D eigenvalue weighted by Gasteiger charge is -2.19. The van der Waals surface area contributed by atoms with Gasteiger partial charge in [-0.3, -0.25) is 14.5 Å². The maximum absolute atomic E-state index is 12.6. The fraction of sp³-hybridized carbons (Fsp3) is 0.409. The maximum Gasteiger partial charge on any atom is 0.325 e. The molecule has 1 aliphatic heterocycles. The van der Waals surface area contributed by atoms with Crippen LogP contribution in [-0.4, -0.2) is 34.8 Å². The van der Waals surface area contributed by atoms with Crippen molar-refractivity contribution in [3.8, 4) is 0 Å². The van der Waals surface area contributed by atoms with Gasteiger partial charge in [-0.25, -0.2) is 4.79 Å². The van der Waals surface area contributed by atoms with E-state index >= 15 is 0 Å². The lowest BCUT2D eigenvalue weighted by molar-refractivity contribution is -0.131. The molecule has 1 saturated carbocycles. The number of imide groups is 1. The number of urea groups is 1. The number of nitrogens with zero attached hydrogens (tertiary/aromatic N) is 1. The Kier molecular flexibility index (Phi) is 5.03. The molecule has 1 spiro atoms. The van der Waals surface area contributed by atoms with Gasteiger partial charge in [0.15, 0.2) is 0 Å². The predicted octanol–water partition coefficient (Wildman–Crippen LogP) is 3.10. The van der Waals surface area contributed by atoms with E-state index in [-0.39, 0.29) is 30.8 Å². The molecule has 28 heavy (non-hydrogen) atoms. The number of fused-ring (bicyclic) bond motifs is 1. The van der Waals surface area contributed by atoms with Crippen LogP contribution in [0.3, 0.4) is 0 Å². The van der Waals surface area contributed by atoms with Gasteiger partial charge in [-0.2, -0.15) is 0 Å². The van der Waals surface area contributed by atoms with Crippen molar-refractivity contribution >= 4 is 28.6 Å². The Balaban J connectivity index is 1.24. The van der Waals surface area contributed by atoms with E-state index in [0.717, 1.165) is 36.6 Å². The molecule has 4 rings (SSSR count). The van der Waals surface area contributed by atoms with E-state index in [9.17, 15) is 14.4 Å². The first kappa shape index (κ1) is 18.5. The van der Waals surface area contributed by atoms with Crippen LogP contribution in [0.4, 0.5) is 4.79 Å². The van der Waals surface area contributed by atoms with Crippen LogP contribution in [0, 0.1) is 0 Å². The molecule has 2 aliphatic rings. The van der Waals surface area contributed by atoms with Gasteiger partial charge in [0.05, 0.1) is 0 Å². The number of nitrogens with one attached hydrogen (secondary N) is 2. The van der Waals surface area contributed by atoms with E-state index in [4.69, 9.17) is 0 Å². The van der Waals surface area contributed by atoms with Crippen LogP contribution in [0.2, 0.25) is 0 Å². The molecule has 0 aromatic heterocycles. The summed E-state index contributed by atoms with van der Waals surface area (Å²) in [5.74, 6) is -0.192. The first-order valence-electron chi connectivity index (χ1n) is 9.96. The Labute approximate surface area is 164 Å². The fourth-order valence-corrected chi connectivity index (χ4v) is 4.23. The van der Waals surface area contributed by atoms with Gasteiger partial charge in [0, 0.05) is 19.5 Å². The summed E-state index contributed by atoms with van der Waals surface area (Å²) in [6.45, 7) is 0.756. The third-order valence-electron chi connectivity index (χ3n) is 5.79. The molecule has 0 bridgehead atoms. The average molecular weight is 379 g/mol. The topological polar surface area (TPSA) is 78.5 Å². The number of benzene rings is 2. The summed E-state index contributed by atoms with van der Waals surface area (Å²) in [5.41, 5.74) is 0.374. The fourth-order valence-electron chi connectivity index (χ4n) is 4.23. The lowest BCUT2D eigenvalue weighted by Crippen LogP contribution is -2.44. The van der Waals surface area contributed by atoms with Crippen molar-refractivity contribution in [2.45, 2.75) is 50.6 Å². The molecule has 146 valence electrons. The molecular weight excluding hydrogens is 354 g/mol. The molecule has 2 fully saturated rings. The largest absolute Gasteiger partial charge is 0.352 e. The minimum absolute atomic E-state index is 0.0733. The van der Waals surface area contributed by atoms with Crippen molar-refractivity contribution in [1.29, 1.82) is 0 Å². The Hall–Kier alpha value is -2.89. The van der Waals surface area contributed by atoms with Crippen LogP contribution >= 0.6 is 0 Å². The number of rotatable bonds is 6. The summed E-state index contributed by atoms with van der Waals surface area (Å²) in [4.78, 5) is 38.1. The zero-order chi connectivity index (χ0) is 19.6. The third kappa shape index (κ3) is 3.59. The first-order chi connectivity index (χ1) is 13.6. The SMILES string of the molecule is O=C(CCCN1C(=O)NC2(CCCC2)C1=O)NCc1ccc2ccccc2c1. The molecule has 2 N–H and O–H groups in total. The van der Waals surface area contributed by atoms with Crippen molar-refractivity contribution in [1.82, 2.24) is 15.5 Å². The first-order valence-corrected chi connectivity index (χ1v) is 9.96. The second kappa shape index (κ2) is 7.62. The van der Waals surface area contributed by atoms with Crippen molar-refractivity contribution in [2.75, 3.05) is 6.54 Å². The van der Waals surface area contributed by atoms with Crippen LogP contribution in [-0.2, 0) is 16.1 Å². The molecule has 4 amide bonds. The van der Waals surface area contributed by atoms with Crippen molar-refractivity contribution in [3.05, 3.63) is 48.0 Å². The minimum atomic E-state index is -0.671. The second-order valence-electron chi connectivity index (χ2n) is 7.74. The Bertz CT molecular complexity index is 918. The van der Waals surface area contributed by atoms with Crippen LogP contribution in [0.15, 0.2) is 42.5 Å². The number of carbonyl (C=O) groups is 3. The Morgan fingerprint density at radius 2 is 1.82 bits per heavy atom. The minimum Gasteiger partial charge on any atom is -0.352 e. The molecule has 1 heterocycles. The van der Waals surface area contributed by atoms with Crippen molar-refractivity contribution < 1.29 is 14.4 Å². The molecular formula is C22H25N3O3. The number of amides is 4. The highest BCUT2D eigenvalue weighted by atomic mass is 16.2. The number of hydrogen-bond donors (Lipinski definition) is 2. The highest BCUT2D eigenvalue weighted by Crippen LogP contribution is 2.35. The highest BCUT2D eigenvalue weighted by molar-refractivity contribution is 6.07. The number of carbonyl (C=O) groups excluding carboxylic acids is 3. The van der Waals surface area contributed by atoms with E-state index in [0.29, 0.717) is 13.0 Å². The molecule has 2 aromatic carbocycles. The summed E-state index contributed by atoms with van der Waals surface area (Å²) < 4.78 is 0. The number of hydrogen-bond acceptors (Lipinski definition) is 3. The summed E-state index contributed by atoms with van der Waals surface area (Å²) in [6.07, 6.45) is 4.14. The van der Waals surface area contributed by atoms with Gasteiger partial charge in [0.1, 0.15) is 5.54 Å². The summed E-state index contributed by atoms with van der Waals surface area (Å²) in [5, 5.41) is 8.10. The molecule has 1 aliphatic carbocycles. The molecule has 0 unspecified atom stereocenters. The quantitative estimate of drug-likeness (QED) is 0.757. The predicted molar refractivity (Wildman–Crippen MR) is 106 cm³/mol. The second-order valence-corrected chi connectivity index (χ2v) is 7.74. The van der Waals surface area contributed by atoms with E-state index in [2.05, 4.69) is 28.8 Å². The zero-order valence-corrected chi connectivity index (χ0v) is 15.9. The summed E-state index contributed by atoms with van der Waals surface area (Å²) in [6, 6.07) is 13.9. The van der Waals surface area contributed by atoms with Gasteiger partial charge in [-0.1, -0.05) is 49.2 Å². The summed E-state index contributed by atoms with van der Waals surface area (Å²) in [7, 11) is 0. The van der Waals surface area contributed by atoms with Crippen LogP contribution in [0.25, 0.3) is 10.8 Å². The standard InChI is InChI=1S/C22H25N3O3/c26-19(23-15-16-9-10-17-6-1-2-7-18(17)14-16)8-5-13-25-20(27)22(24-21(25)28)11-3-4-12-22/h1-2,6-7,9-10,14H,3-5,8,11-13,15H2,(H,23,26)(H,24,28). The lowest BCUT2D eigenvalue weighted by atomic mass is 9.98. The van der Waals surface area contributed by atoms with Gasteiger partial charge in [-0.15, -0.1) is 0 Å². The van der Waals surface area contributed by atoms with Crippen LogP contribution in [0.1, 0.15) is 44.1 Å². The van der Waals surface area contributed by atoms with E-state index in [1.165, 1.54) is 10.3 Å². The highest BCUT2D eigenvalue weighted by Gasteiger charge is 2.51. The Morgan fingerprint density at radius 3 is 2.61 bits per heavy atom. The van der Waals surface area contributed by atoms with E-state index in [1.807, 2.05) is 24.3 Å².